The minimum atomic E-state index is 0.138. The Morgan fingerprint density at radius 1 is 1.29 bits per heavy atom. The lowest BCUT2D eigenvalue weighted by Crippen LogP contribution is -2.36. The number of hydrogen-bond donors (Lipinski definition) is 2. The number of carbonyl (C=O) groups is 1. The van der Waals surface area contributed by atoms with Crippen molar-refractivity contribution in [1.29, 1.82) is 0 Å². The van der Waals surface area contributed by atoms with E-state index in [9.17, 15) is 4.79 Å². The standard InChI is InChI=1S/C18H24N2O/c1-2-18(9-5-6-10-18)13-20-17(21)11-14-12-19-16-8-4-3-7-15(14)16/h3-4,7-8,12,19H,2,5-6,9-11,13H2,1H3,(H,20,21). The van der Waals surface area contributed by atoms with E-state index in [1.807, 2.05) is 24.4 Å². The van der Waals surface area contributed by atoms with E-state index in [4.69, 9.17) is 0 Å². The van der Waals surface area contributed by atoms with Gasteiger partial charge in [-0.3, -0.25) is 4.79 Å². The van der Waals surface area contributed by atoms with E-state index in [2.05, 4.69) is 23.3 Å². The molecule has 1 aliphatic carbocycles. The van der Waals surface area contributed by atoms with E-state index in [1.54, 1.807) is 0 Å². The third-order valence-corrected chi connectivity index (χ3v) is 5.10. The van der Waals surface area contributed by atoms with E-state index in [0.717, 1.165) is 23.0 Å². The monoisotopic (exact) mass is 284 g/mol. The molecule has 1 heterocycles. The van der Waals surface area contributed by atoms with Crippen LogP contribution in [0.4, 0.5) is 0 Å². The molecule has 1 aromatic heterocycles. The number of hydrogen-bond acceptors (Lipinski definition) is 1. The Kier molecular flexibility index (Phi) is 4.00. The van der Waals surface area contributed by atoms with Gasteiger partial charge in [0.1, 0.15) is 0 Å². The Balaban J connectivity index is 1.61. The number of H-pyrrole nitrogens is 1. The number of benzene rings is 1. The van der Waals surface area contributed by atoms with Crippen LogP contribution in [0.3, 0.4) is 0 Å². The molecule has 1 amide bonds. The highest BCUT2D eigenvalue weighted by Crippen LogP contribution is 2.40. The summed E-state index contributed by atoms with van der Waals surface area (Å²) in [5.41, 5.74) is 2.54. The van der Waals surface area contributed by atoms with Gasteiger partial charge in [-0.2, -0.15) is 0 Å². The van der Waals surface area contributed by atoms with Gasteiger partial charge >= 0.3 is 0 Å². The van der Waals surface area contributed by atoms with Crippen molar-refractivity contribution in [2.24, 2.45) is 5.41 Å². The maximum atomic E-state index is 12.2. The summed E-state index contributed by atoms with van der Waals surface area (Å²) in [4.78, 5) is 15.5. The molecule has 0 aliphatic heterocycles. The molecule has 1 aromatic carbocycles. The van der Waals surface area contributed by atoms with E-state index in [1.165, 1.54) is 32.1 Å². The second-order valence-electron chi connectivity index (χ2n) is 6.37. The number of para-hydroxylation sites is 1. The summed E-state index contributed by atoms with van der Waals surface area (Å²) in [7, 11) is 0. The van der Waals surface area contributed by atoms with Crippen molar-refractivity contribution >= 4 is 16.8 Å². The first-order chi connectivity index (χ1) is 10.2. The third kappa shape index (κ3) is 2.97. The number of nitrogens with one attached hydrogen (secondary N) is 2. The number of aromatic nitrogens is 1. The molecule has 0 saturated heterocycles. The van der Waals surface area contributed by atoms with E-state index in [0.29, 0.717) is 11.8 Å². The number of aromatic amines is 1. The van der Waals surface area contributed by atoms with E-state index in [-0.39, 0.29) is 5.91 Å². The predicted octanol–water partition coefficient (Wildman–Crippen LogP) is 3.80. The van der Waals surface area contributed by atoms with Crippen LogP contribution in [-0.2, 0) is 11.2 Å². The minimum absolute atomic E-state index is 0.138. The Hall–Kier alpha value is -1.77. The molecule has 2 N–H and O–H groups in total. The summed E-state index contributed by atoms with van der Waals surface area (Å²) in [6.45, 7) is 3.09. The fourth-order valence-electron chi connectivity index (χ4n) is 3.58. The van der Waals surface area contributed by atoms with Crippen molar-refractivity contribution in [3.05, 3.63) is 36.0 Å². The van der Waals surface area contributed by atoms with Crippen molar-refractivity contribution in [1.82, 2.24) is 10.3 Å². The number of amides is 1. The SMILES string of the molecule is CCC1(CNC(=O)Cc2c[nH]c3ccccc23)CCCC1. The van der Waals surface area contributed by atoms with Crippen LogP contribution in [0.15, 0.2) is 30.5 Å². The Morgan fingerprint density at radius 2 is 2.05 bits per heavy atom. The zero-order valence-corrected chi connectivity index (χ0v) is 12.7. The molecule has 0 atom stereocenters. The van der Waals surface area contributed by atoms with E-state index >= 15 is 0 Å². The maximum absolute atomic E-state index is 12.2. The Morgan fingerprint density at radius 3 is 2.81 bits per heavy atom. The number of rotatable bonds is 5. The van der Waals surface area contributed by atoms with Crippen molar-refractivity contribution in [2.45, 2.75) is 45.4 Å². The van der Waals surface area contributed by atoms with Crippen LogP contribution in [0.1, 0.15) is 44.6 Å². The summed E-state index contributed by atoms with van der Waals surface area (Å²) in [6, 6.07) is 8.14. The largest absolute Gasteiger partial charge is 0.361 e. The molecule has 21 heavy (non-hydrogen) atoms. The highest BCUT2D eigenvalue weighted by molar-refractivity contribution is 5.88. The normalized spacial score (nSPS) is 17.2. The van der Waals surface area contributed by atoms with Crippen molar-refractivity contribution in [2.75, 3.05) is 6.54 Å². The second-order valence-corrected chi connectivity index (χ2v) is 6.37. The van der Waals surface area contributed by atoms with Crippen molar-refractivity contribution < 1.29 is 4.79 Å². The highest BCUT2D eigenvalue weighted by Gasteiger charge is 2.32. The molecule has 0 bridgehead atoms. The molecule has 112 valence electrons. The van der Waals surface area contributed by atoms with Gasteiger partial charge in [-0.25, -0.2) is 0 Å². The maximum Gasteiger partial charge on any atom is 0.224 e. The molecular formula is C18H24N2O. The molecule has 1 aliphatic rings. The lowest BCUT2D eigenvalue weighted by molar-refractivity contribution is -0.120. The van der Waals surface area contributed by atoms with Gasteiger partial charge in [0.15, 0.2) is 0 Å². The first-order valence-electron chi connectivity index (χ1n) is 8.04. The second kappa shape index (κ2) is 5.92. The molecule has 1 saturated carbocycles. The first kappa shape index (κ1) is 14.2. The Labute approximate surface area is 126 Å². The van der Waals surface area contributed by atoms with Gasteiger partial charge in [0.2, 0.25) is 5.91 Å². The van der Waals surface area contributed by atoms with Crippen LogP contribution in [0, 0.1) is 5.41 Å². The van der Waals surface area contributed by atoms with Crippen molar-refractivity contribution in [3.8, 4) is 0 Å². The smallest absolute Gasteiger partial charge is 0.224 e. The number of carbonyl (C=O) groups excluding carboxylic acids is 1. The zero-order valence-electron chi connectivity index (χ0n) is 12.7. The molecule has 0 unspecified atom stereocenters. The molecule has 3 rings (SSSR count). The minimum Gasteiger partial charge on any atom is -0.361 e. The summed E-state index contributed by atoms with van der Waals surface area (Å²) >= 11 is 0. The zero-order chi connectivity index (χ0) is 14.7. The van der Waals surface area contributed by atoms with Gasteiger partial charge < -0.3 is 10.3 Å². The summed E-state index contributed by atoms with van der Waals surface area (Å²) in [6.07, 6.45) is 8.73. The molecule has 2 aromatic rings. The van der Waals surface area contributed by atoms with E-state index < -0.39 is 0 Å². The summed E-state index contributed by atoms with van der Waals surface area (Å²) in [5, 5.41) is 4.32. The number of fused-ring (bicyclic) bond motifs is 1. The molecule has 0 radical (unpaired) electrons. The van der Waals surface area contributed by atoms with Crippen molar-refractivity contribution in [3.63, 3.8) is 0 Å². The summed E-state index contributed by atoms with van der Waals surface area (Å²) < 4.78 is 0. The molecule has 1 fully saturated rings. The molecular weight excluding hydrogens is 260 g/mol. The summed E-state index contributed by atoms with van der Waals surface area (Å²) in [5.74, 6) is 0.138. The Bertz CT molecular complexity index is 623. The van der Waals surface area contributed by atoms with Crippen LogP contribution >= 0.6 is 0 Å². The fraction of sp³-hybridized carbons (Fsp3) is 0.500. The van der Waals surface area contributed by atoms with Gasteiger partial charge in [0.05, 0.1) is 6.42 Å². The lowest BCUT2D eigenvalue weighted by atomic mass is 9.83. The predicted molar refractivity (Wildman–Crippen MR) is 86.2 cm³/mol. The average Bonchev–Trinajstić information content (AvgIpc) is 3.14. The lowest BCUT2D eigenvalue weighted by Gasteiger charge is -2.27. The fourth-order valence-corrected chi connectivity index (χ4v) is 3.58. The van der Waals surface area contributed by atoms with Crippen LogP contribution in [-0.4, -0.2) is 17.4 Å². The molecule has 3 heteroatoms. The van der Waals surface area contributed by atoms with Gasteiger partial charge in [-0.15, -0.1) is 0 Å². The van der Waals surface area contributed by atoms with Gasteiger partial charge in [0, 0.05) is 23.6 Å². The highest BCUT2D eigenvalue weighted by atomic mass is 16.1. The van der Waals surface area contributed by atoms with Crippen LogP contribution in [0.2, 0.25) is 0 Å². The van der Waals surface area contributed by atoms with Gasteiger partial charge in [0.25, 0.3) is 0 Å². The topological polar surface area (TPSA) is 44.9 Å². The van der Waals surface area contributed by atoms with Gasteiger partial charge in [-0.05, 0) is 36.3 Å². The quantitative estimate of drug-likeness (QED) is 0.862. The average molecular weight is 284 g/mol. The van der Waals surface area contributed by atoms with Crippen LogP contribution in [0.5, 0.6) is 0 Å². The first-order valence-corrected chi connectivity index (χ1v) is 8.04. The van der Waals surface area contributed by atoms with Crippen LogP contribution < -0.4 is 5.32 Å². The third-order valence-electron chi connectivity index (χ3n) is 5.10. The molecule has 3 nitrogen and oxygen atoms in total. The van der Waals surface area contributed by atoms with Crippen LogP contribution in [0.25, 0.3) is 10.9 Å². The van der Waals surface area contributed by atoms with Gasteiger partial charge in [-0.1, -0.05) is 38.0 Å². The molecule has 0 spiro atoms.